The molecule has 0 fully saturated rings. The summed E-state index contributed by atoms with van der Waals surface area (Å²) in [6, 6.07) is 35.2. The first-order valence-corrected chi connectivity index (χ1v) is 43.7. The summed E-state index contributed by atoms with van der Waals surface area (Å²) in [7, 11) is 0. The third-order valence-electron chi connectivity index (χ3n) is 20.6. The molecule has 105 heavy (non-hydrogen) atoms. The summed E-state index contributed by atoms with van der Waals surface area (Å²) in [5.74, 6) is 3.83. The van der Waals surface area contributed by atoms with Gasteiger partial charge in [-0.05, 0) is 134 Å². The van der Waals surface area contributed by atoms with Gasteiger partial charge in [0, 0.05) is 0 Å². The fourth-order valence-electron chi connectivity index (χ4n) is 13.8. The van der Waals surface area contributed by atoms with Crippen LogP contribution in [-0.4, -0.2) is 51.6 Å². The van der Waals surface area contributed by atoms with E-state index in [9.17, 15) is 9.59 Å². The molecule has 0 saturated carbocycles. The Balaban J connectivity index is 0.971. The Morgan fingerprint density at radius 1 is 0.248 bits per heavy atom. The van der Waals surface area contributed by atoms with Crippen molar-refractivity contribution in [1.29, 1.82) is 0 Å². The summed E-state index contributed by atoms with van der Waals surface area (Å²) in [4.78, 5) is 26.0. The molecule has 0 atom stereocenters. The number of benzene rings is 5. The SMILES string of the molecule is CCCCCCCCCCCCOc1cc(/C=C/c2ccc(C(=O)Oc3ccc(-c4ccc(OCCCCCCCCCCCCCCCCOC(=O)c5ccc(OCCCCCCCCCC)cc5)cc4)cc3)cc2)cc(OCCCCCCCCCCCC)c1OCCCCCCCCCCCC. The summed E-state index contributed by atoms with van der Waals surface area (Å²) < 4.78 is 43.5. The quantitative estimate of drug-likeness (QED) is 0.0163. The largest absolute Gasteiger partial charge is 0.494 e. The average Bonchev–Trinajstić information content (AvgIpc) is 0.827. The molecule has 5 aromatic rings. The Bertz CT molecular complexity index is 2830. The van der Waals surface area contributed by atoms with Gasteiger partial charge in [0.2, 0.25) is 5.75 Å². The lowest BCUT2D eigenvalue weighted by Crippen LogP contribution is -2.08. The lowest BCUT2D eigenvalue weighted by atomic mass is 10.0. The molecule has 0 unspecified atom stereocenters. The molecule has 0 aromatic heterocycles. The second-order valence-corrected chi connectivity index (χ2v) is 30.1. The van der Waals surface area contributed by atoms with Crippen LogP contribution in [0.15, 0.2) is 109 Å². The van der Waals surface area contributed by atoms with Crippen LogP contribution < -0.4 is 28.4 Å². The highest BCUT2D eigenvalue weighted by Gasteiger charge is 2.17. The number of hydrogen-bond donors (Lipinski definition) is 0. The number of ether oxygens (including phenoxy) is 7. The molecule has 5 rings (SSSR count). The summed E-state index contributed by atoms with van der Waals surface area (Å²) in [5, 5.41) is 0. The minimum atomic E-state index is -0.394. The number of carbonyl (C=O) groups is 2. The Kier molecular flexibility index (Phi) is 53.5. The molecule has 0 saturated heterocycles. The van der Waals surface area contributed by atoms with Crippen molar-refractivity contribution >= 4 is 24.1 Å². The molecule has 0 aliphatic rings. The van der Waals surface area contributed by atoms with Gasteiger partial charge in [-0.15, -0.1) is 0 Å². The lowest BCUT2D eigenvalue weighted by molar-refractivity contribution is 0.0497. The maximum Gasteiger partial charge on any atom is 0.343 e. The fraction of sp³-hybridized carbons (Fsp3) is 0.646. The van der Waals surface area contributed by atoms with E-state index >= 15 is 0 Å². The first-order valence-electron chi connectivity index (χ1n) is 43.7. The standard InChI is InChI=1S/C96H148O9/c1-5-9-13-17-21-25-34-41-47-53-77-101-92-81-84(82-93(102-78-54-48-42-35-26-22-18-14-10-6-2)94(92)103-79-55-49-43-36-27-23-19-15-11-7-3)58-57-83-59-61-88(62-60-83)96(98)105-91-73-65-86(66-74-91)85-63-69-89(70-64-85)99-75-52-46-40-37-32-30-28-29-31-33-38-44-50-56-80-104-95(97)87-67-71-90(72-68-87)100-76-51-45-39-24-20-16-12-8-4/h57-74,81-82H,5-56,75-80H2,1-4H3/b58-57+. The molecular formula is C96H148O9. The van der Waals surface area contributed by atoms with Crippen molar-refractivity contribution in [3.63, 3.8) is 0 Å². The first kappa shape index (κ1) is 89.4. The van der Waals surface area contributed by atoms with E-state index in [1.807, 2.05) is 84.9 Å². The molecule has 0 aliphatic heterocycles. The minimum absolute atomic E-state index is 0.243. The van der Waals surface area contributed by atoms with Gasteiger partial charge in [-0.2, -0.15) is 0 Å². The van der Waals surface area contributed by atoms with Crippen LogP contribution in [0.1, 0.15) is 393 Å². The van der Waals surface area contributed by atoms with Crippen molar-refractivity contribution in [1.82, 2.24) is 0 Å². The van der Waals surface area contributed by atoms with Gasteiger partial charge in [0.1, 0.15) is 17.2 Å². The maximum atomic E-state index is 13.5. The second-order valence-electron chi connectivity index (χ2n) is 30.1. The average molecular weight is 1450 g/mol. The molecular weight excluding hydrogens is 1300 g/mol. The van der Waals surface area contributed by atoms with Crippen LogP contribution in [0, 0.1) is 0 Å². The number of unbranched alkanes of at least 4 members (excludes halogenated alkanes) is 47. The zero-order valence-corrected chi connectivity index (χ0v) is 67.2. The summed E-state index contributed by atoms with van der Waals surface area (Å²) in [6.07, 6.45) is 70.1. The topological polar surface area (TPSA) is 98.8 Å². The van der Waals surface area contributed by atoms with E-state index in [2.05, 4.69) is 64.1 Å². The van der Waals surface area contributed by atoms with E-state index in [0.29, 0.717) is 43.3 Å². The van der Waals surface area contributed by atoms with Crippen molar-refractivity contribution in [2.24, 2.45) is 0 Å². The normalized spacial score (nSPS) is 11.4. The molecule has 0 aliphatic carbocycles. The molecule has 586 valence electrons. The van der Waals surface area contributed by atoms with Crippen LogP contribution in [0.2, 0.25) is 0 Å². The second kappa shape index (κ2) is 62.8. The van der Waals surface area contributed by atoms with Gasteiger partial charge in [0.15, 0.2) is 11.5 Å². The molecule has 9 heteroatoms. The van der Waals surface area contributed by atoms with Crippen LogP contribution in [0.25, 0.3) is 23.3 Å². The monoisotopic (exact) mass is 1450 g/mol. The Morgan fingerprint density at radius 3 is 0.848 bits per heavy atom. The molecule has 9 nitrogen and oxygen atoms in total. The fourth-order valence-corrected chi connectivity index (χ4v) is 13.8. The highest BCUT2D eigenvalue weighted by molar-refractivity contribution is 5.91. The predicted molar refractivity (Wildman–Crippen MR) is 446 cm³/mol. The highest BCUT2D eigenvalue weighted by atomic mass is 16.5. The van der Waals surface area contributed by atoms with Crippen molar-refractivity contribution in [3.05, 3.63) is 131 Å². The van der Waals surface area contributed by atoms with Gasteiger partial charge < -0.3 is 33.2 Å². The molecule has 0 amide bonds. The zero-order chi connectivity index (χ0) is 74.2. The van der Waals surface area contributed by atoms with Crippen molar-refractivity contribution in [2.75, 3.05) is 39.6 Å². The number of rotatable bonds is 70. The Hall–Kier alpha value is -6.22. The van der Waals surface area contributed by atoms with Gasteiger partial charge in [-0.1, -0.05) is 372 Å². The zero-order valence-electron chi connectivity index (χ0n) is 67.2. The van der Waals surface area contributed by atoms with Crippen LogP contribution in [-0.2, 0) is 4.74 Å². The number of carbonyl (C=O) groups excluding carboxylic acids is 2. The predicted octanol–water partition coefficient (Wildman–Crippen LogP) is 29.9. The van der Waals surface area contributed by atoms with E-state index in [-0.39, 0.29) is 5.97 Å². The highest BCUT2D eigenvalue weighted by Crippen LogP contribution is 2.41. The smallest absolute Gasteiger partial charge is 0.343 e. The first-order chi connectivity index (χ1) is 51.9. The van der Waals surface area contributed by atoms with Crippen LogP contribution >= 0.6 is 0 Å². The summed E-state index contributed by atoms with van der Waals surface area (Å²) in [6.45, 7) is 13.0. The maximum absolute atomic E-state index is 13.5. The van der Waals surface area contributed by atoms with E-state index in [4.69, 9.17) is 33.2 Å². The summed E-state index contributed by atoms with van der Waals surface area (Å²) in [5.41, 5.74) is 5.17. The van der Waals surface area contributed by atoms with Gasteiger partial charge >= 0.3 is 11.9 Å². The Morgan fingerprint density at radius 2 is 0.505 bits per heavy atom. The van der Waals surface area contributed by atoms with Gasteiger partial charge in [0.05, 0.1) is 50.8 Å². The Labute approximate surface area is 641 Å². The van der Waals surface area contributed by atoms with Gasteiger partial charge in [0.25, 0.3) is 0 Å². The van der Waals surface area contributed by atoms with E-state index < -0.39 is 5.97 Å². The van der Waals surface area contributed by atoms with Crippen LogP contribution in [0.5, 0.6) is 34.5 Å². The van der Waals surface area contributed by atoms with Crippen molar-refractivity contribution < 1.29 is 42.7 Å². The van der Waals surface area contributed by atoms with Crippen molar-refractivity contribution in [3.8, 4) is 45.6 Å². The molecule has 0 bridgehead atoms. The number of hydrogen-bond acceptors (Lipinski definition) is 9. The third kappa shape index (κ3) is 44.6. The van der Waals surface area contributed by atoms with Gasteiger partial charge in [-0.3, -0.25) is 0 Å². The molecule has 5 aromatic carbocycles. The van der Waals surface area contributed by atoms with Crippen molar-refractivity contribution in [2.45, 2.75) is 362 Å². The summed E-state index contributed by atoms with van der Waals surface area (Å²) >= 11 is 0. The lowest BCUT2D eigenvalue weighted by Gasteiger charge is -2.18. The molecule has 0 N–H and O–H groups in total. The minimum Gasteiger partial charge on any atom is -0.494 e. The molecule has 0 spiro atoms. The van der Waals surface area contributed by atoms with E-state index in [1.165, 1.54) is 289 Å². The van der Waals surface area contributed by atoms with Gasteiger partial charge in [-0.25, -0.2) is 9.59 Å². The number of esters is 2. The van der Waals surface area contributed by atoms with E-state index in [0.717, 1.165) is 109 Å². The molecule has 0 radical (unpaired) electrons. The van der Waals surface area contributed by atoms with Crippen LogP contribution in [0.4, 0.5) is 0 Å². The van der Waals surface area contributed by atoms with E-state index in [1.54, 1.807) is 0 Å². The third-order valence-corrected chi connectivity index (χ3v) is 20.6. The van der Waals surface area contributed by atoms with Crippen LogP contribution in [0.3, 0.4) is 0 Å². The molecule has 0 heterocycles.